The first kappa shape index (κ1) is 16.1. The monoisotopic (exact) mass is 338 g/mol. The van der Waals surface area contributed by atoms with Crippen LogP contribution in [0.25, 0.3) is 0 Å². The zero-order valence-electron chi connectivity index (χ0n) is 14.4. The second-order valence-electron chi connectivity index (χ2n) is 7.04. The van der Waals surface area contributed by atoms with Gasteiger partial charge in [0.2, 0.25) is 0 Å². The van der Waals surface area contributed by atoms with Crippen molar-refractivity contribution in [2.24, 2.45) is 5.92 Å². The van der Waals surface area contributed by atoms with E-state index in [0.29, 0.717) is 23.9 Å². The molecule has 2 atom stereocenters. The Bertz CT molecular complexity index is 841. The quantitative estimate of drug-likeness (QED) is 0.802. The summed E-state index contributed by atoms with van der Waals surface area (Å²) in [5.74, 6) is 1.67. The molecular weight excluding hydrogens is 316 g/mol. The summed E-state index contributed by atoms with van der Waals surface area (Å²) in [7, 11) is 1.62. The van der Waals surface area contributed by atoms with Gasteiger partial charge in [-0.05, 0) is 42.7 Å². The molecule has 1 saturated heterocycles. The summed E-state index contributed by atoms with van der Waals surface area (Å²) < 4.78 is 7.06. The molecule has 5 heteroatoms. The molecule has 1 fully saturated rings. The average Bonchev–Trinajstić information content (AvgIpc) is 2.62. The lowest BCUT2D eigenvalue weighted by Gasteiger charge is -2.42. The van der Waals surface area contributed by atoms with Crippen LogP contribution >= 0.6 is 0 Å². The Balaban J connectivity index is 1.48. The molecule has 2 bridgehead atoms. The van der Waals surface area contributed by atoms with Gasteiger partial charge in [-0.2, -0.15) is 0 Å². The minimum Gasteiger partial charge on any atom is -0.497 e. The number of ketones is 1. The van der Waals surface area contributed by atoms with Crippen molar-refractivity contribution in [3.8, 4) is 5.75 Å². The summed E-state index contributed by atoms with van der Waals surface area (Å²) >= 11 is 0. The number of aromatic nitrogens is 1. The van der Waals surface area contributed by atoms with Crippen LogP contribution in [0.5, 0.6) is 5.75 Å². The highest BCUT2D eigenvalue weighted by atomic mass is 16.5. The molecule has 0 amide bonds. The molecule has 1 aromatic heterocycles. The number of Topliss-reactive ketones (excluding diaryl/α,β-unsaturated/α-hetero) is 1. The smallest absolute Gasteiger partial charge is 0.250 e. The lowest BCUT2D eigenvalue weighted by atomic mass is 9.83. The fourth-order valence-corrected chi connectivity index (χ4v) is 4.20. The molecule has 0 unspecified atom stereocenters. The number of ether oxygens (including phenoxy) is 1. The molecule has 2 aliphatic heterocycles. The second-order valence-corrected chi connectivity index (χ2v) is 7.04. The Labute approximate surface area is 146 Å². The summed E-state index contributed by atoms with van der Waals surface area (Å²) in [6.07, 6.45) is 1.11. The van der Waals surface area contributed by atoms with Crippen LogP contribution in [0.15, 0.2) is 47.3 Å². The van der Waals surface area contributed by atoms with Gasteiger partial charge in [-0.25, -0.2) is 0 Å². The van der Waals surface area contributed by atoms with Crippen LogP contribution in [0.2, 0.25) is 0 Å². The van der Waals surface area contributed by atoms with Crippen LogP contribution < -0.4 is 10.3 Å². The van der Waals surface area contributed by atoms with Crippen molar-refractivity contribution < 1.29 is 9.53 Å². The van der Waals surface area contributed by atoms with Crippen molar-refractivity contribution in [1.82, 2.24) is 9.47 Å². The van der Waals surface area contributed by atoms with E-state index in [-0.39, 0.29) is 11.3 Å². The van der Waals surface area contributed by atoms with Gasteiger partial charge in [0, 0.05) is 42.9 Å². The SMILES string of the molecule is COc1ccc(C(=O)CN2C[C@@H]3C[C@H](C2)c2cccc(=O)n2C3)cc1. The first-order chi connectivity index (χ1) is 12.1. The maximum absolute atomic E-state index is 12.6. The van der Waals surface area contributed by atoms with E-state index in [4.69, 9.17) is 4.74 Å². The van der Waals surface area contributed by atoms with Crippen molar-refractivity contribution in [3.05, 3.63) is 64.1 Å². The molecular formula is C20H22N2O3. The topological polar surface area (TPSA) is 51.5 Å². The van der Waals surface area contributed by atoms with Crippen LogP contribution in [0, 0.1) is 5.92 Å². The third-order valence-electron chi connectivity index (χ3n) is 5.33. The van der Waals surface area contributed by atoms with Crippen LogP contribution in [0.1, 0.15) is 28.4 Å². The summed E-state index contributed by atoms with van der Waals surface area (Å²) in [5.41, 5.74) is 1.92. The predicted octanol–water partition coefficient (Wildman–Crippen LogP) is 2.16. The van der Waals surface area contributed by atoms with Gasteiger partial charge in [0.1, 0.15) is 5.75 Å². The highest BCUT2D eigenvalue weighted by molar-refractivity contribution is 5.97. The molecule has 2 aromatic rings. The number of nitrogens with zero attached hydrogens (tertiary/aromatic N) is 2. The maximum Gasteiger partial charge on any atom is 0.250 e. The number of methoxy groups -OCH3 is 1. The molecule has 0 aliphatic carbocycles. The van der Waals surface area contributed by atoms with Crippen LogP contribution in [0.3, 0.4) is 0 Å². The summed E-state index contributed by atoms with van der Waals surface area (Å²) in [6.45, 7) is 2.90. The number of pyridine rings is 1. The van der Waals surface area contributed by atoms with E-state index in [1.165, 1.54) is 0 Å². The number of carbonyl (C=O) groups is 1. The fourth-order valence-electron chi connectivity index (χ4n) is 4.20. The van der Waals surface area contributed by atoms with Crippen molar-refractivity contribution in [3.63, 3.8) is 0 Å². The van der Waals surface area contributed by atoms with E-state index in [1.807, 2.05) is 34.9 Å². The standard InChI is InChI=1S/C20H22N2O3/c1-25-17-7-5-15(6-8-17)19(23)13-21-10-14-9-16(12-21)18-3-2-4-20(24)22(18)11-14/h2-8,14,16H,9-13H2,1H3/t14-,16+/m0/s1. The lowest BCUT2D eigenvalue weighted by molar-refractivity contribution is 0.0817. The Morgan fingerprint density at radius 3 is 2.68 bits per heavy atom. The van der Waals surface area contributed by atoms with Crippen LogP contribution in [0.4, 0.5) is 0 Å². The second kappa shape index (κ2) is 6.48. The molecule has 0 radical (unpaired) electrons. The Morgan fingerprint density at radius 1 is 1.12 bits per heavy atom. The number of carbonyl (C=O) groups excluding carboxylic acids is 1. The van der Waals surface area contributed by atoms with E-state index < -0.39 is 0 Å². The van der Waals surface area contributed by atoms with E-state index in [1.54, 1.807) is 13.2 Å². The number of likely N-dealkylation sites (tertiary alicyclic amines) is 1. The number of benzene rings is 1. The van der Waals surface area contributed by atoms with Crippen molar-refractivity contribution in [1.29, 1.82) is 0 Å². The third kappa shape index (κ3) is 3.12. The molecule has 0 N–H and O–H groups in total. The molecule has 5 nitrogen and oxygen atoms in total. The number of hydrogen-bond acceptors (Lipinski definition) is 4. The molecule has 4 rings (SSSR count). The van der Waals surface area contributed by atoms with Crippen molar-refractivity contribution in [2.75, 3.05) is 26.7 Å². The molecule has 25 heavy (non-hydrogen) atoms. The zero-order valence-corrected chi connectivity index (χ0v) is 14.4. The largest absolute Gasteiger partial charge is 0.497 e. The van der Waals surface area contributed by atoms with Gasteiger partial charge in [-0.15, -0.1) is 0 Å². The Hall–Kier alpha value is -2.40. The number of rotatable bonds is 4. The predicted molar refractivity (Wildman–Crippen MR) is 95.3 cm³/mol. The van der Waals surface area contributed by atoms with E-state index in [9.17, 15) is 9.59 Å². The zero-order chi connectivity index (χ0) is 17.4. The molecule has 0 saturated carbocycles. The normalized spacial score (nSPS) is 22.3. The van der Waals surface area contributed by atoms with Crippen LogP contribution in [-0.4, -0.2) is 42.0 Å². The number of piperidine rings is 1. The first-order valence-corrected chi connectivity index (χ1v) is 8.73. The van der Waals surface area contributed by atoms with Crippen molar-refractivity contribution >= 4 is 5.78 Å². The maximum atomic E-state index is 12.6. The highest BCUT2D eigenvalue weighted by Crippen LogP contribution is 2.34. The number of hydrogen-bond donors (Lipinski definition) is 0. The van der Waals surface area contributed by atoms with E-state index in [2.05, 4.69) is 11.0 Å². The molecule has 2 aliphatic rings. The highest BCUT2D eigenvalue weighted by Gasteiger charge is 2.34. The minimum absolute atomic E-state index is 0.0926. The molecule has 0 spiro atoms. The van der Waals surface area contributed by atoms with Gasteiger partial charge in [0.15, 0.2) is 5.78 Å². The third-order valence-corrected chi connectivity index (χ3v) is 5.33. The van der Waals surface area contributed by atoms with E-state index >= 15 is 0 Å². The van der Waals surface area contributed by atoms with Gasteiger partial charge < -0.3 is 9.30 Å². The molecule has 1 aromatic carbocycles. The van der Waals surface area contributed by atoms with Crippen LogP contribution in [-0.2, 0) is 6.54 Å². The Kier molecular flexibility index (Phi) is 4.17. The first-order valence-electron chi connectivity index (χ1n) is 8.73. The summed E-state index contributed by atoms with van der Waals surface area (Å²) in [6, 6.07) is 12.8. The minimum atomic E-state index is 0.0926. The fraction of sp³-hybridized carbons (Fsp3) is 0.400. The van der Waals surface area contributed by atoms with E-state index in [0.717, 1.165) is 37.5 Å². The summed E-state index contributed by atoms with van der Waals surface area (Å²) in [4.78, 5) is 26.9. The average molecular weight is 338 g/mol. The molecule has 3 heterocycles. The lowest BCUT2D eigenvalue weighted by Crippen LogP contribution is -2.48. The van der Waals surface area contributed by atoms with Gasteiger partial charge in [0.05, 0.1) is 13.7 Å². The molecule has 130 valence electrons. The van der Waals surface area contributed by atoms with Gasteiger partial charge in [-0.1, -0.05) is 6.07 Å². The summed E-state index contributed by atoms with van der Waals surface area (Å²) in [5, 5.41) is 0. The van der Waals surface area contributed by atoms with Crippen molar-refractivity contribution in [2.45, 2.75) is 18.9 Å². The van der Waals surface area contributed by atoms with Gasteiger partial charge in [-0.3, -0.25) is 14.5 Å². The van der Waals surface area contributed by atoms with Gasteiger partial charge in [0.25, 0.3) is 5.56 Å². The van der Waals surface area contributed by atoms with Gasteiger partial charge >= 0.3 is 0 Å². The number of fused-ring (bicyclic) bond motifs is 4. The Morgan fingerprint density at radius 2 is 1.92 bits per heavy atom.